The number of carbonyl (C=O) groups excluding carboxylic acids is 1. The van der Waals surface area contributed by atoms with Gasteiger partial charge in [0.15, 0.2) is 0 Å². The lowest BCUT2D eigenvalue weighted by Crippen LogP contribution is -2.41. The Labute approximate surface area is 109 Å². The molecule has 0 fully saturated rings. The van der Waals surface area contributed by atoms with E-state index in [2.05, 4.69) is 5.32 Å². The summed E-state index contributed by atoms with van der Waals surface area (Å²) in [7, 11) is 0. The Morgan fingerprint density at radius 2 is 2.17 bits per heavy atom. The third-order valence-electron chi connectivity index (χ3n) is 2.80. The molecule has 1 aromatic rings. The van der Waals surface area contributed by atoms with Crippen molar-refractivity contribution in [2.75, 3.05) is 6.61 Å². The summed E-state index contributed by atoms with van der Waals surface area (Å²) in [5, 5.41) is 2.90. The molecule has 1 rings (SSSR count). The molecule has 0 aliphatic carbocycles. The van der Waals surface area contributed by atoms with Crippen molar-refractivity contribution >= 4 is 5.91 Å². The van der Waals surface area contributed by atoms with Crippen molar-refractivity contribution in [3.63, 3.8) is 0 Å². The van der Waals surface area contributed by atoms with Gasteiger partial charge < -0.3 is 15.8 Å². The zero-order chi connectivity index (χ0) is 13.5. The first-order valence-electron chi connectivity index (χ1n) is 6.37. The van der Waals surface area contributed by atoms with Gasteiger partial charge in [0.05, 0.1) is 18.7 Å². The molecule has 2 atom stereocenters. The second kappa shape index (κ2) is 7.01. The Morgan fingerprint density at radius 3 is 2.78 bits per heavy atom. The van der Waals surface area contributed by atoms with Crippen LogP contribution in [0.1, 0.15) is 38.8 Å². The highest BCUT2D eigenvalue weighted by molar-refractivity contribution is 5.81. The van der Waals surface area contributed by atoms with Crippen LogP contribution < -0.4 is 15.8 Å². The van der Waals surface area contributed by atoms with E-state index in [1.54, 1.807) is 0 Å². The Hall–Kier alpha value is -1.55. The van der Waals surface area contributed by atoms with E-state index in [-0.39, 0.29) is 11.9 Å². The van der Waals surface area contributed by atoms with Crippen molar-refractivity contribution in [2.24, 2.45) is 5.73 Å². The van der Waals surface area contributed by atoms with E-state index >= 15 is 0 Å². The van der Waals surface area contributed by atoms with Gasteiger partial charge in [-0.05, 0) is 38.0 Å². The average molecular weight is 250 g/mol. The molecule has 3 N–H and O–H groups in total. The van der Waals surface area contributed by atoms with E-state index in [0.29, 0.717) is 13.0 Å². The van der Waals surface area contributed by atoms with E-state index in [0.717, 1.165) is 11.3 Å². The Bertz CT molecular complexity index is 393. The minimum atomic E-state index is -0.442. The van der Waals surface area contributed by atoms with E-state index in [9.17, 15) is 4.79 Å². The molecule has 0 saturated heterocycles. The predicted molar refractivity (Wildman–Crippen MR) is 72.4 cm³/mol. The summed E-state index contributed by atoms with van der Waals surface area (Å²) in [4.78, 5) is 11.7. The van der Waals surface area contributed by atoms with Gasteiger partial charge in [-0.2, -0.15) is 0 Å². The zero-order valence-electron chi connectivity index (χ0n) is 11.3. The minimum Gasteiger partial charge on any atom is -0.494 e. The number of benzene rings is 1. The summed E-state index contributed by atoms with van der Waals surface area (Å²) < 4.78 is 5.43. The standard InChI is InChI=1S/C14H22N2O2/c1-4-13(15)14(17)16-10(3)11-7-6-8-12(9-11)18-5-2/h6-10,13H,4-5,15H2,1-3H3,(H,16,17)/t10?,13-/m0/s1. The lowest BCUT2D eigenvalue weighted by atomic mass is 10.1. The molecule has 100 valence electrons. The SMILES string of the molecule is CCOc1cccc(C(C)NC(=O)[C@@H](N)CC)c1. The maximum atomic E-state index is 11.7. The van der Waals surface area contributed by atoms with Gasteiger partial charge in [0.1, 0.15) is 5.75 Å². The van der Waals surface area contributed by atoms with Crippen LogP contribution in [-0.2, 0) is 4.79 Å². The molecule has 0 aliphatic heterocycles. The highest BCUT2D eigenvalue weighted by Crippen LogP contribution is 2.19. The molecular weight excluding hydrogens is 228 g/mol. The van der Waals surface area contributed by atoms with Gasteiger partial charge in [0.25, 0.3) is 0 Å². The first-order valence-corrected chi connectivity index (χ1v) is 6.37. The van der Waals surface area contributed by atoms with Crippen molar-refractivity contribution in [3.05, 3.63) is 29.8 Å². The van der Waals surface area contributed by atoms with Gasteiger partial charge in [-0.1, -0.05) is 19.1 Å². The third-order valence-corrected chi connectivity index (χ3v) is 2.80. The quantitative estimate of drug-likeness (QED) is 0.811. The number of amides is 1. The number of carbonyl (C=O) groups is 1. The van der Waals surface area contributed by atoms with Crippen molar-refractivity contribution < 1.29 is 9.53 Å². The van der Waals surface area contributed by atoms with Gasteiger partial charge >= 0.3 is 0 Å². The van der Waals surface area contributed by atoms with Gasteiger partial charge in [-0.25, -0.2) is 0 Å². The van der Waals surface area contributed by atoms with Crippen molar-refractivity contribution in [3.8, 4) is 5.75 Å². The van der Waals surface area contributed by atoms with Crippen molar-refractivity contribution in [2.45, 2.75) is 39.3 Å². The third kappa shape index (κ3) is 4.04. The second-order valence-corrected chi connectivity index (χ2v) is 4.25. The van der Waals surface area contributed by atoms with Gasteiger partial charge in [0, 0.05) is 0 Å². The first kappa shape index (κ1) is 14.5. The van der Waals surface area contributed by atoms with E-state index < -0.39 is 6.04 Å². The molecule has 4 heteroatoms. The molecule has 0 saturated carbocycles. The largest absolute Gasteiger partial charge is 0.494 e. The van der Waals surface area contributed by atoms with Crippen LogP contribution in [0.25, 0.3) is 0 Å². The molecule has 0 bridgehead atoms. The summed E-state index contributed by atoms with van der Waals surface area (Å²) in [6, 6.07) is 7.21. The highest BCUT2D eigenvalue weighted by atomic mass is 16.5. The van der Waals surface area contributed by atoms with E-state index in [1.165, 1.54) is 0 Å². The topological polar surface area (TPSA) is 64.3 Å². The fourth-order valence-corrected chi connectivity index (χ4v) is 1.63. The fourth-order valence-electron chi connectivity index (χ4n) is 1.63. The molecule has 0 aliphatic rings. The Kier molecular flexibility index (Phi) is 5.65. The van der Waals surface area contributed by atoms with Crippen LogP contribution in [0.15, 0.2) is 24.3 Å². The van der Waals surface area contributed by atoms with Gasteiger partial charge in [0.2, 0.25) is 5.91 Å². The van der Waals surface area contributed by atoms with Crippen LogP contribution in [0.5, 0.6) is 5.75 Å². The van der Waals surface area contributed by atoms with Gasteiger partial charge in [-0.3, -0.25) is 4.79 Å². The second-order valence-electron chi connectivity index (χ2n) is 4.25. The maximum absolute atomic E-state index is 11.7. The predicted octanol–water partition coefficient (Wildman–Crippen LogP) is 2.00. The lowest BCUT2D eigenvalue weighted by Gasteiger charge is -2.17. The summed E-state index contributed by atoms with van der Waals surface area (Å²) in [6.07, 6.45) is 0.636. The number of hydrogen-bond donors (Lipinski definition) is 2. The lowest BCUT2D eigenvalue weighted by molar-refractivity contribution is -0.123. The molecule has 0 spiro atoms. The van der Waals surface area contributed by atoms with E-state index in [1.807, 2.05) is 45.0 Å². The van der Waals surface area contributed by atoms with E-state index in [4.69, 9.17) is 10.5 Å². The van der Waals surface area contributed by atoms with Crippen LogP contribution in [0.4, 0.5) is 0 Å². The highest BCUT2D eigenvalue weighted by Gasteiger charge is 2.15. The smallest absolute Gasteiger partial charge is 0.237 e. The molecule has 1 unspecified atom stereocenters. The molecule has 0 radical (unpaired) electrons. The van der Waals surface area contributed by atoms with Crippen molar-refractivity contribution in [1.29, 1.82) is 0 Å². The van der Waals surface area contributed by atoms with Crippen LogP contribution in [0.2, 0.25) is 0 Å². The van der Waals surface area contributed by atoms with Crippen LogP contribution in [0.3, 0.4) is 0 Å². The monoisotopic (exact) mass is 250 g/mol. The fraction of sp³-hybridized carbons (Fsp3) is 0.500. The van der Waals surface area contributed by atoms with Gasteiger partial charge in [-0.15, -0.1) is 0 Å². The zero-order valence-corrected chi connectivity index (χ0v) is 11.3. The van der Waals surface area contributed by atoms with Crippen LogP contribution in [0, 0.1) is 0 Å². The average Bonchev–Trinajstić information content (AvgIpc) is 2.38. The number of hydrogen-bond acceptors (Lipinski definition) is 3. The normalized spacial score (nSPS) is 13.8. The summed E-state index contributed by atoms with van der Waals surface area (Å²) in [6.45, 7) is 6.40. The minimum absolute atomic E-state index is 0.0736. The number of nitrogens with one attached hydrogen (secondary N) is 1. The van der Waals surface area contributed by atoms with Crippen LogP contribution in [-0.4, -0.2) is 18.6 Å². The molecular formula is C14H22N2O2. The first-order chi connectivity index (χ1) is 8.58. The summed E-state index contributed by atoms with van der Waals surface area (Å²) in [5.74, 6) is 0.697. The summed E-state index contributed by atoms with van der Waals surface area (Å²) in [5.41, 5.74) is 6.70. The van der Waals surface area contributed by atoms with Crippen LogP contribution >= 0.6 is 0 Å². The molecule has 1 aromatic carbocycles. The number of rotatable bonds is 6. The molecule has 0 heterocycles. The molecule has 1 amide bonds. The number of nitrogens with two attached hydrogens (primary N) is 1. The molecule has 18 heavy (non-hydrogen) atoms. The maximum Gasteiger partial charge on any atom is 0.237 e. The molecule has 4 nitrogen and oxygen atoms in total. The summed E-state index contributed by atoms with van der Waals surface area (Å²) >= 11 is 0. The number of ether oxygens (including phenoxy) is 1. The van der Waals surface area contributed by atoms with Crippen molar-refractivity contribution in [1.82, 2.24) is 5.32 Å². The molecule has 0 aromatic heterocycles. The Balaban J connectivity index is 2.68. The Morgan fingerprint density at radius 1 is 1.44 bits per heavy atom.